The van der Waals surface area contributed by atoms with E-state index in [1.807, 2.05) is 0 Å². The van der Waals surface area contributed by atoms with Crippen LogP contribution in [0.5, 0.6) is 0 Å². The van der Waals surface area contributed by atoms with Crippen molar-refractivity contribution < 1.29 is 4.39 Å². The maximum atomic E-state index is 13.4. The lowest BCUT2D eigenvalue weighted by atomic mass is 9.38. The molecule has 2 N–H and O–H groups in total. The molecular weight excluding hydrogens is 230 g/mol. The third-order valence-electron chi connectivity index (χ3n) is 3.64. The molecule has 1 fully saturated rings. The molecule has 18 heavy (non-hydrogen) atoms. The van der Waals surface area contributed by atoms with Gasteiger partial charge in [-0.15, -0.1) is 0 Å². The van der Waals surface area contributed by atoms with Gasteiger partial charge in [0.2, 0.25) is 0 Å². The van der Waals surface area contributed by atoms with Crippen LogP contribution < -0.4 is 10.6 Å². The summed E-state index contributed by atoms with van der Waals surface area (Å²) in [6, 6.07) is 1.42. The lowest BCUT2D eigenvalue weighted by Gasteiger charge is -2.35. The van der Waals surface area contributed by atoms with Gasteiger partial charge in [-0.2, -0.15) is 0 Å². The van der Waals surface area contributed by atoms with E-state index in [0.29, 0.717) is 5.82 Å². The number of hydrogen-bond donors (Lipinski definition) is 1. The minimum Gasteiger partial charge on any atom is -0.381 e. The third-order valence-corrected chi connectivity index (χ3v) is 3.64. The van der Waals surface area contributed by atoms with Gasteiger partial charge in [-0.3, -0.25) is 0 Å². The summed E-state index contributed by atoms with van der Waals surface area (Å²) in [5, 5.41) is 9.07. The number of rotatable bonds is 2. The topological polar surface area (TPSA) is 65.9 Å². The van der Waals surface area contributed by atoms with E-state index in [1.54, 1.807) is 6.20 Å². The lowest BCUT2D eigenvalue weighted by molar-refractivity contribution is 0.623. The second-order valence-electron chi connectivity index (χ2n) is 4.70. The first-order chi connectivity index (χ1) is 8.65. The summed E-state index contributed by atoms with van der Waals surface area (Å²) in [4.78, 5) is 5.92. The van der Waals surface area contributed by atoms with Gasteiger partial charge >= 0.3 is 0 Å². The Balaban J connectivity index is 2.15. The molecule has 1 aromatic heterocycles. The van der Waals surface area contributed by atoms with Crippen molar-refractivity contribution >= 4 is 18.2 Å². The van der Waals surface area contributed by atoms with Crippen molar-refractivity contribution in [1.29, 1.82) is 5.26 Å². The fourth-order valence-electron chi connectivity index (χ4n) is 2.46. The van der Waals surface area contributed by atoms with Crippen LogP contribution in [0.3, 0.4) is 0 Å². The Hall–Kier alpha value is -1.77. The first-order valence-electron chi connectivity index (χ1n) is 6.21. The van der Waals surface area contributed by atoms with E-state index in [2.05, 4.69) is 22.8 Å². The first kappa shape index (κ1) is 12.7. The van der Waals surface area contributed by atoms with Gasteiger partial charge in [0.25, 0.3) is 6.71 Å². The number of nitriles is 1. The number of aromatic nitrogens is 1. The summed E-state index contributed by atoms with van der Waals surface area (Å²) >= 11 is 0. The van der Waals surface area contributed by atoms with Crippen molar-refractivity contribution in [3.8, 4) is 5.97 Å². The van der Waals surface area contributed by atoms with E-state index in [0.717, 1.165) is 31.5 Å². The molecule has 4 nitrogen and oxygen atoms in total. The quantitative estimate of drug-likeness (QED) is 0.810. The van der Waals surface area contributed by atoms with Crippen LogP contribution >= 0.6 is 0 Å². The molecular formula is C12H16BFN4. The van der Waals surface area contributed by atoms with Crippen LogP contribution in [0, 0.1) is 17.0 Å². The highest BCUT2D eigenvalue weighted by Gasteiger charge is 2.31. The van der Waals surface area contributed by atoms with Crippen LogP contribution in [0.2, 0.25) is 12.1 Å². The summed E-state index contributed by atoms with van der Waals surface area (Å²) in [5.41, 5.74) is 6.11. The van der Waals surface area contributed by atoms with Crippen molar-refractivity contribution in [2.24, 2.45) is 0 Å². The molecule has 6 heteroatoms. The van der Waals surface area contributed by atoms with E-state index in [4.69, 9.17) is 11.0 Å². The average molecular weight is 246 g/mol. The Morgan fingerprint density at radius 1 is 1.72 bits per heavy atom. The summed E-state index contributed by atoms with van der Waals surface area (Å²) in [5.74, 6) is 2.14. The van der Waals surface area contributed by atoms with Gasteiger partial charge in [-0.1, -0.05) is 13.3 Å². The molecule has 1 aromatic rings. The molecule has 0 radical (unpaired) electrons. The zero-order valence-corrected chi connectivity index (χ0v) is 10.4. The molecule has 1 saturated heterocycles. The predicted molar refractivity (Wildman–Crippen MR) is 71.0 cm³/mol. The van der Waals surface area contributed by atoms with Crippen LogP contribution in [-0.4, -0.2) is 24.8 Å². The highest BCUT2D eigenvalue weighted by Crippen LogP contribution is 2.29. The zero-order valence-electron chi connectivity index (χ0n) is 10.4. The number of hydrogen-bond acceptors (Lipinski definition) is 4. The number of pyridine rings is 1. The Labute approximate surface area is 107 Å². The third kappa shape index (κ3) is 2.40. The fourth-order valence-corrected chi connectivity index (χ4v) is 2.46. The molecule has 0 aromatic carbocycles. The zero-order chi connectivity index (χ0) is 13.1. The smallest absolute Gasteiger partial charge is 0.274 e. The maximum absolute atomic E-state index is 13.4. The molecule has 0 amide bonds. The molecule has 2 heterocycles. The van der Waals surface area contributed by atoms with E-state index >= 15 is 0 Å². The second kappa shape index (κ2) is 5.26. The highest BCUT2D eigenvalue weighted by molar-refractivity contribution is 6.68. The van der Waals surface area contributed by atoms with E-state index in [-0.39, 0.29) is 12.5 Å². The largest absolute Gasteiger partial charge is 0.381 e. The molecule has 1 unspecified atom stereocenters. The number of nitrogen functional groups attached to an aromatic ring is 1. The first-order valence-corrected chi connectivity index (χ1v) is 6.21. The molecule has 0 saturated carbocycles. The molecule has 94 valence electrons. The number of anilines is 2. The summed E-state index contributed by atoms with van der Waals surface area (Å²) in [7, 11) is 0. The SMILES string of the molecule is CCC1CN(c2cnc(N)c(F)c2)CCB1C#N. The van der Waals surface area contributed by atoms with Gasteiger partial charge < -0.3 is 10.6 Å². The molecule has 1 aliphatic heterocycles. The van der Waals surface area contributed by atoms with Gasteiger partial charge in [0.1, 0.15) is 0 Å². The highest BCUT2D eigenvalue weighted by atomic mass is 19.1. The minimum absolute atomic E-state index is 0.0716. The van der Waals surface area contributed by atoms with Crippen LogP contribution in [-0.2, 0) is 0 Å². The Morgan fingerprint density at radius 3 is 3.11 bits per heavy atom. The number of nitrogens with zero attached hydrogens (tertiary/aromatic N) is 3. The molecule has 1 aliphatic rings. The molecule has 1 atom stereocenters. The normalized spacial score (nSPS) is 19.7. The standard InChI is InChI=1S/C12H16BFN4/c1-2-9-7-18(4-3-13(9)8-15)10-5-11(14)12(16)17-6-10/h5-6,9H,2-4,7H2,1H3,(H2,16,17). The van der Waals surface area contributed by atoms with Gasteiger partial charge in [0, 0.05) is 25.1 Å². The summed E-state index contributed by atoms with van der Waals surface area (Å²) in [6.07, 6.45) is 3.37. The van der Waals surface area contributed by atoms with Crippen LogP contribution in [0.1, 0.15) is 13.3 Å². The monoisotopic (exact) mass is 246 g/mol. The van der Waals surface area contributed by atoms with Crippen LogP contribution in [0.15, 0.2) is 12.3 Å². The maximum Gasteiger partial charge on any atom is 0.274 e. The van der Waals surface area contributed by atoms with Crippen molar-refractivity contribution in [3.05, 3.63) is 18.1 Å². The van der Waals surface area contributed by atoms with Crippen molar-refractivity contribution in [3.63, 3.8) is 0 Å². The van der Waals surface area contributed by atoms with E-state index in [9.17, 15) is 4.39 Å². The van der Waals surface area contributed by atoms with Crippen molar-refractivity contribution in [1.82, 2.24) is 4.98 Å². The van der Waals surface area contributed by atoms with Crippen molar-refractivity contribution in [2.45, 2.75) is 25.5 Å². The Bertz CT molecular complexity index is 474. The molecule has 0 aliphatic carbocycles. The molecule has 0 spiro atoms. The average Bonchev–Trinajstić information content (AvgIpc) is 2.41. The van der Waals surface area contributed by atoms with Gasteiger partial charge in [0.15, 0.2) is 11.6 Å². The summed E-state index contributed by atoms with van der Waals surface area (Å²) in [6.45, 7) is 3.73. The van der Waals surface area contributed by atoms with Crippen LogP contribution in [0.25, 0.3) is 0 Å². The summed E-state index contributed by atoms with van der Waals surface area (Å²) < 4.78 is 13.4. The van der Waals surface area contributed by atoms with Gasteiger partial charge in [-0.05, 0) is 12.1 Å². The predicted octanol–water partition coefficient (Wildman–Crippen LogP) is 1.96. The number of halogens is 1. The Morgan fingerprint density at radius 2 is 2.50 bits per heavy atom. The molecule has 0 bridgehead atoms. The number of nitrogens with two attached hydrogens (primary N) is 1. The van der Waals surface area contributed by atoms with E-state index in [1.165, 1.54) is 6.07 Å². The fraction of sp³-hybridized carbons (Fsp3) is 0.500. The lowest BCUT2D eigenvalue weighted by Crippen LogP contribution is -2.41. The van der Waals surface area contributed by atoms with Gasteiger partial charge in [-0.25, -0.2) is 14.6 Å². The molecule has 2 rings (SSSR count). The Kier molecular flexibility index (Phi) is 3.70. The van der Waals surface area contributed by atoms with Crippen molar-refractivity contribution in [2.75, 3.05) is 23.7 Å². The van der Waals surface area contributed by atoms with Crippen LogP contribution in [0.4, 0.5) is 15.9 Å². The second-order valence-corrected chi connectivity index (χ2v) is 4.70. The van der Waals surface area contributed by atoms with E-state index < -0.39 is 5.82 Å². The minimum atomic E-state index is -0.483. The van der Waals surface area contributed by atoms with Gasteiger partial charge in [0.05, 0.1) is 11.9 Å².